The first-order valence-corrected chi connectivity index (χ1v) is 9.26. The van der Waals surface area contributed by atoms with Gasteiger partial charge < -0.3 is 42.0 Å². The summed E-state index contributed by atoms with van der Waals surface area (Å²) in [6.07, 6.45) is 1.05. The largest absolute Gasteiger partial charge is 0.481 e. The Hall–Kier alpha value is -4.01. The predicted molar refractivity (Wildman–Crippen MR) is 104 cm³/mol. The van der Waals surface area contributed by atoms with Gasteiger partial charge in [-0.2, -0.15) is 0 Å². The zero-order valence-electron chi connectivity index (χ0n) is 16.7. The number of hydrogen-bond donors (Lipinski definition) is 8. The van der Waals surface area contributed by atoms with Gasteiger partial charge in [-0.05, 0) is 6.42 Å². The van der Waals surface area contributed by atoms with Gasteiger partial charge in [0.2, 0.25) is 17.7 Å². The molecule has 0 saturated carbocycles. The topological polar surface area (TPSA) is 254 Å². The Morgan fingerprint density at radius 1 is 1.00 bits per heavy atom. The zero-order chi connectivity index (χ0) is 24.3. The molecule has 0 aliphatic rings. The number of nitrogens with zero attached hydrogens (tertiary/aromatic N) is 1. The first-order chi connectivity index (χ1) is 15.0. The number of nitrogens with two attached hydrogens (primary N) is 1. The van der Waals surface area contributed by atoms with Crippen molar-refractivity contribution < 1.29 is 44.1 Å². The predicted octanol–water partition coefficient (Wildman–Crippen LogP) is -3.21. The number of H-pyrrole nitrogens is 1. The first-order valence-electron chi connectivity index (χ1n) is 9.26. The number of aromatic amines is 1. The van der Waals surface area contributed by atoms with Gasteiger partial charge in [-0.1, -0.05) is 0 Å². The van der Waals surface area contributed by atoms with Gasteiger partial charge in [0.05, 0.1) is 25.3 Å². The molecule has 0 saturated heterocycles. The Morgan fingerprint density at radius 3 is 2.22 bits per heavy atom. The fourth-order valence-corrected chi connectivity index (χ4v) is 2.45. The van der Waals surface area contributed by atoms with Crippen LogP contribution in [0, 0.1) is 0 Å². The van der Waals surface area contributed by atoms with Gasteiger partial charge in [0, 0.05) is 24.7 Å². The van der Waals surface area contributed by atoms with E-state index in [4.69, 9.17) is 15.9 Å². The Balaban J connectivity index is 2.78. The van der Waals surface area contributed by atoms with E-state index >= 15 is 0 Å². The van der Waals surface area contributed by atoms with Crippen LogP contribution in [0.15, 0.2) is 12.5 Å². The summed E-state index contributed by atoms with van der Waals surface area (Å²) >= 11 is 0. The Labute approximate surface area is 180 Å². The molecule has 9 N–H and O–H groups in total. The molecule has 0 aliphatic heterocycles. The maximum absolute atomic E-state index is 12.6. The van der Waals surface area contributed by atoms with Crippen molar-refractivity contribution in [3.05, 3.63) is 18.2 Å². The minimum absolute atomic E-state index is 0.116. The highest BCUT2D eigenvalue weighted by Crippen LogP contribution is 2.03. The second kappa shape index (κ2) is 12.6. The molecule has 1 heterocycles. The van der Waals surface area contributed by atoms with E-state index in [1.165, 1.54) is 12.5 Å². The van der Waals surface area contributed by atoms with E-state index in [1.807, 2.05) is 0 Å². The maximum Gasteiger partial charge on any atom is 0.326 e. The highest BCUT2D eigenvalue weighted by Gasteiger charge is 2.28. The molecule has 3 atom stereocenters. The molecule has 1 aromatic heterocycles. The minimum atomic E-state index is -1.51. The number of hydrogen-bond acceptors (Lipinski definition) is 8. The van der Waals surface area contributed by atoms with Crippen molar-refractivity contribution in [1.29, 1.82) is 0 Å². The summed E-state index contributed by atoms with van der Waals surface area (Å²) in [4.78, 5) is 75.6. The fraction of sp³-hybridized carbons (Fsp3) is 0.471. The summed E-state index contributed by atoms with van der Waals surface area (Å²) in [6.45, 7) is -0.625. The third-order valence-electron chi connectivity index (χ3n) is 4.05. The summed E-state index contributed by atoms with van der Waals surface area (Å²) in [7, 11) is 0. The number of carboxylic acids is 3. The van der Waals surface area contributed by atoms with Crippen LogP contribution in [0.2, 0.25) is 0 Å². The molecule has 15 heteroatoms. The number of rotatable bonds is 14. The number of aromatic nitrogens is 2. The monoisotopic (exact) mass is 456 g/mol. The lowest BCUT2D eigenvalue weighted by atomic mass is 10.1. The molecule has 0 aromatic carbocycles. The van der Waals surface area contributed by atoms with Crippen molar-refractivity contribution in [3.8, 4) is 0 Å². The fourth-order valence-electron chi connectivity index (χ4n) is 2.45. The quantitative estimate of drug-likeness (QED) is 0.138. The van der Waals surface area contributed by atoms with Gasteiger partial charge >= 0.3 is 17.9 Å². The Kier molecular flexibility index (Phi) is 10.3. The molecule has 0 spiro atoms. The van der Waals surface area contributed by atoms with Crippen LogP contribution >= 0.6 is 0 Å². The second-order valence-electron chi connectivity index (χ2n) is 6.66. The zero-order valence-corrected chi connectivity index (χ0v) is 16.7. The van der Waals surface area contributed by atoms with E-state index in [0.29, 0.717) is 5.69 Å². The molecule has 0 radical (unpaired) electrons. The lowest BCUT2D eigenvalue weighted by Gasteiger charge is -2.21. The molecular weight excluding hydrogens is 432 g/mol. The SMILES string of the molecule is NC(CC(=O)O)C(=O)NCC(=O)NC(Cc1cnc[nH]1)C(=O)NC(CCC(=O)O)C(=O)O. The number of carbonyl (C=O) groups is 6. The summed E-state index contributed by atoms with van der Waals surface area (Å²) in [5, 5.41) is 33.2. The van der Waals surface area contributed by atoms with Crippen molar-refractivity contribution in [2.75, 3.05) is 6.54 Å². The van der Waals surface area contributed by atoms with Crippen LogP contribution in [0.5, 0.6) is 0 Å². The third kappa shape index (κ3) is 9.66. The van der Waals surface area contributed by atoms with Gasteiger partial charge in [-0.3, -0.25) is 24.0 Å². The lowest BCUT2D eigenvalue weighted by Crippen LogP contribution is -2.54. The highest BCUT2D eigenvalue weighted by atomic mass is 16.4. The lowest BCUT2D eigenvalue weighted by molar-refractivity contribution is -0.143. The standard InChI is InChI=1S/C17H24N6O9/c18-9(4-14(27)28)15(29)20-6-12(24)22-11(3-8-5-19-7-21-8)16(30)23-10(17(31)32)1-2-13(25)26/h5,7,9-11H,1-4,6,18H2,(H,19,21)(H,20,29)(H,22,24)(H,23,30)(H,25,26)(H,27,28)(H,31,32). The molecule has 0 aliphatic carbocycles. The van der Waals surface area contributed by atoms with E-state index in [-0.39, 0.29) is 12.8 Å². The molecule has 1 aromatic rings. The number of carboxylic acid groups (broad SMARTS) is 3. The minimum Gasteiger partial charge on any atom is -0.481 e. The number of imidazole rings is 1. The second-order valence-corrected chi connectivity index (χ2v) is 6.66. The molecular formula is C17H24N6O9. The average Bonchev–Trinajstić information content (AvgIpc) is 3.20. The number of nitrogens with one attached hydrogen (secondary N) is 4. The number of amides is 3. The van der Waals surface area contributed by atoms with Crippen LogP contribution in [0.3, 0.4) is 0 Å². The normalized spacial score (nSPS) is 13.3. The van der Waals surface area contributed by atoms with Gasteiger partial charge in [0.15, 0.2) is 0 Å². The summed E-state index contributed by atoms with van der Waals surface area (Å²) < 4.78 is 0. The molecule has 1 rings (SSSR count). The highest BCUT2D eigenvalue weighted by molar-refractivity contribution is 5.93. The molecule has 3 unspecified atom stereocenters. The number of aliphatic carboxylic acids is 3. The van der Waals surface area contributed by atoms with E-state index < -0.39 is 73.1 Å². The van der Waals surface area contributed by atoms with E-state index in [2.05, 4.69) is 25.9 Å². The van der Waals surface area contributed by atoms with Crippen LogP contribution in [0.25, 0.3) is 0 Å². The maximum atomic E-state index is 12.6. The molecule has 0 fully saturated rings. The number of carbonyl (C=O) groups excluding carboxylic acids is 3. The van der Waals surface area contributed by atoms with E-state index in [9.17, 15) is 33.9 Å². The molecule has 32 heavy (non-hydrogen) atoms. The van der Waals surface area contributed by atoms with Crippen LogP contribution in [0.1, 0.15) is 25.0 Å². The van der Waals surface area contributed by atoms with Crippen molar-refractivity contribution in [3.63, 3.8) is 0 Å². The van der Waals surface area contributed by atoms with Gasteiger partial charge in [-0.25, -0.2) is 9.78 Å². The smallest absolute Gasteiger partial charge is 0.326 e. The Morgan fingerprint density at radius 2 is 1.69 bits per heavy atom. The van der Waals surface area contributed by atoms with Crippen LogP contribution in [0.4, 0.5) is 0 Å². The van der Waals surface area contributed by atoms with Crippen LogP contribution in [-0.4, -0.2) is 85.6 Å². The van der Waals surface area contributed by atoms with Gasteiger partial charge in [0.1, 0.15) is 12.1 Å². The van der Waals surface area contributed by atoms with Crippen molar-refractivity contribution in [2.24, 2.45) is 5.73 Å². The molecule has 176 valence electrons. The van der Waals surface area contributed by atoms with Crippen LogP contribution in [-0.2, 0) is 35.2 Å². The van der Waals surface area contributed by atoms with Gasteiger partial charge in [0.25, 0.3) is 0 Å². The third-order valence-corrected chi connectivity index (χ3v) is 4.05. The average molecular weight is 456 g/mol. The van der Waals surface area contributed by atoms with Crippen molar-refractivity contribution >= 4 is 35.6 Å². The van der Waals surface area contributed by atoms with Crippen molar-refractivity contribution in [1.82, 2.24) is 25.9 Å². The van der Waals surface area contributed by atoms with Crippen LogP contribution < -0.4 is 21.7 Å². The summed E-state index contributed by atoms with van der Waals surface area (Å²) in [5.74, 6) is -6.63. The summed E-state index contributed by atoms with van der Waals surface area (Å²) in [5.41, 5.74) is 5.81. The van der Waals surface area contributed by atoms with E-state index in [0.717, 1.165) is 0 Å². The first kappa shape index (κ1) is 26.0. The summed E-state index contributed by atoms with van der Waals surface area (Å²) in [6, 6.07) is -4.18. The molecule has 15 nitrogen and oxygen atoms in total. The van der Waals surface area contributed by atoms with E-state index in [1.54, 1.807) is 0 Å². The van der Waals surface area contributed by atoms with Crippen molar-refractivity contribution in [2.45, 2.75) is 43.8 Å². The van der Waals surface area contributed by atoms with Gasteiger partial charge in [-0.15, -0.1) is 0 Å². The Bertz CT molecular complexity index is 842. The molecule has 0 bridgehead atoms. The molecule has 3 amide bonds.